The molecule has 4 aromatic carbocycles. The van der Waals surface area contributed by atoms with Crippen LogP contribution >= 0.6 is 11.8 Å². The van der Waals surface area contributed by atoms with E-state index in [-0.39, 0.29) is 18.3 Å². The monoisotopic (exact) mass is 618 g/mol. The number of thioether (sulfide) groups is 1. The van der Waals surface area contributed by atoms with Gasteiger partial charge in [0.15, 0.2) is 17.3 Å². The molecule has 0 radical (unpaired) electrons. The zero-order valence-electron chi connectivity index (χ0n) is 25.2. The zero-order chi connectivity index (χ0) is 31.5. The molecule has 0 bridgehead atoms. The highest BCUT2D eigenvalue weighted by molar-refractivity contribution is 7.98. The number of methoxy groups -OCH3 is 2. The molecule has 0 amide bonds. The van der Waals surface area contributed by atoms with Gasteiger partial charge in [0, 0.05) is 16.5 Å². The minimum atomic E-state index is -0.503. The molecule has 0 unspecified atom stereocenters. The summed E-state index contributed by atoms with van der Waals surface area (Å²) in [6, 6.07) is 30.1. The van der Waals surface area contributed by atoms with Crippen LogP contribution in [0.25, 0.3) is 39.5 Å². The molecule has 2 heterocycles. The summed E-state index contributed by atoms with van der Waals surface area (Å²) in [5.41, 5.74) is 4.52. The van der Waals surface area contributed by atoms with Gasteiger partial charge in [0.05, 0.1) is 32.1 Å². The van der Waals surface area contributed by atoms with Gasteiger partial charge in [0.25, 0.3) is 11.4 Å². The van der Waals surface area contributed by atoms with Crippen molar-refractivity contribution in [3.63, 3.8) is 0 Å². The van der Waals surface area contributed by atoms with E-state index in [0.717, 1.165) is 31.7 Å². The van der Waals surface area contributed by atoms with Gasteiger partial charge in [-0.1, -0.05) is 53.2 Å². The molecule has 0 saturated carbocycles. The van der Waals surface area contributed by atoms with Crippen molar-refractivity contribution in [2.75, 3.05) is 20.5 Å². The van der Waals surface area contributed by atoms with Crippen LogP contribution in [0.5, 0.6) is 11.5 Å². The molecule has 0 aliphatic heterocycles. The third-order valence-electron chi connectivity index (χ3n) is 7.46. The first-order chi connectivity index (χ1) is 21.9. The number of aryl methyl sites for hydroxylation is 1. The molecule has 9 nitrogen and oxygen atoms in total. The molecule has 0 atom stereocenters. The predicted molar refractivity (Wildman–Crippen MR) is 176 cm³/mol. The molecular formula is C35H30N4O5S. The zero-order valence-corrected chi connectivity index (χ0v) is 26.0. The van der Waals surface area contributed by atoms with E-state index in [2.05, 4.69) is 10.1 Å². The Balaban J connectivity index is 1.36. The van der Waals surface area contributed by atoms with Crippen LogP contribution in [0.4, 0.5) is 0 Å². The van der Waals surface area contributed by atoms with E-state index < -0.39 is 11.2 Å². The maximum Gasteiger partial charge on any atom is 0.336 e. The molecule has 45 heavy (non-hydrogen) atoms. The van der Waals surface area contributed by atoms with E-state index in [1.54, 1.807) is 30.5 Å². The second-order valence-corrected chi connectivity index (χ2v) is 11.2. The van der Waals surface area contributed by atoms with Crippen molar-refractivity contribution in [2.24, 2.45) is 0 Å². The Morgan fingerprint density at radius 1 is 0.778 bits per heavy atom. The van der Waals surface area contributed by atoms with Crippen molar-refractivity contribution in [3.8, 4) is 51.0 Å². The first kappa shape index (κ1) is 29.7. The average molecular weight is 619 g/mol. The summed E-state index contributed by atoms with van der Waals surface area (Å²) < 4.78 is 19.1. The van der Waals surface area contributed by atoms with E-state index in [4.69, 9.17) is 14.0 Å². The minimum absolute atomic E-state index is 0.159. The van der Waals surface area contributed by atoms with Crippen molar-refractivity contribution >= 4 is 11.8 Å². The van der Waals surface area contributed by atoms with Gasteiger partial charge in [-0.15, -0.1) is 11.8 Å². The Kier molecular flexibility index (Phi) is 8.39. The van der Waals surface area contributed by atoms with Gasteiger partial charge in [-0.2, -0.15) is 4.98 Å². The summed E-state index contributed by atoms with van der Waals surface area (Å²) in [4.78, 5) is 33.0. The lowest BCUT2D eigenvalue weighted by Gasteiger charge is -2.16. The van der Waals surface area contributed by atoms with E-state index in [1.807, 2.05) is 104 Å². The molecule has 2 aromatic heterocycles. The van der Waals surface area contributed by atoms with Crippen LogP contribution in [0.3, 0.4) is 0 Å². The number of hydrogen-bond donors (Lipinski definition) is 0. The normalized spacial score (nSPS) is 11.0. The fraction of sp³-hybridized carbons (Fsp3) is 0.143. The van der Waals surface area contributed by atoms with Crippen LogP contribution in [-0.2, 0) is 6.54 Å². The molecule has 0 aliphatic carbocycles. The van der Waals surface area contributed by atoms with Crippen LogP contribution in [0.15, 0.2) is 116 Å². The minimum Gasteiger partial charge on any atom is -0.493 e. The largest absolute Gasteiger partial charge is 0.493 e. The van der Waals surface area contributed by atoms with Gasteiger partial charge in [-0.25, -0.2) is 4.79 Å². The smallest absolute Gasteiger partial charge is 0.336 e. The van der Waals surface area contributed by atoms with Crippen molar-refractivity contribution in [1.82, 2.24) is 19.3 Å². The lowest BCUT2D eigenvalue weighted by Crippen LogP contribution is -2.40. The predicted octanol–water partition coefficient (Wildman–Crippen LogP) is 6.48. The second kappa shape index (κ2) is 12.7. The quantitative estimate of drug-likeness (QED) is 0.170. The molecule has 0 spiro atoms. The van der Waals surface area contributed by atoms with Crippen LogP contribution < -0.4 is 20.7 Å². The van der Waals surface area contributed by atoms with Crippen molar-refractivity contribution in [2.45, 2.75) is 18.4 Å². The lowest BCUT2D eigenvalue weighted by molar-refractivity contribution is 0.355. The maximum atomic E-state index is 14.0. The number of rotatable bonds is 9. The van der Waals surface area contributed by atoms with Crippen molar-refractivity contribution < 1.29 is 14.0 Å². The number of ether oxygens (including phenoxy) is 2. The third kappa shape index (κ3) is 6.05. The summed E-state index contributed by atoms with van der Waals surface area (Å²) in [5, 5.41) is 4.10. The van der Waals surface area contributed by atoms with E-state index >= 15 is 0 Å². The number of aromatic nitrogens is 4. The average Bonchev–Trinajstić information content (AvgIpc) is 3.55. The summed E-state index contributed by atoms with van der Waals surface area (Å²) >= 11 is 1.61. The SMILES string of the molecule is COc1ccc(-c2cccc(-c3nc(Cn4c(=O)cc(-c5ccc(C)cc5)n(-c5ccc(SC)cc5)c4=O)no3)c2)cc1OC. The standard InChI is InChI=1S/C35H30N4O5S/c1-22-8-10-23(11-9-22)29-20-33(40)38(35(41)39(29)27-13-15-28(45-4)16-14-27)21-32-36-34(44-37-32)26-7-5-6-24(18-26)25-12-17-30(42-2)31(19-25)43-3/h5-20H,21H2,1-4H3. The molecule has 6 aromatic rings. The van der Waals surface area contributed by atoms with Crippen molar-refractivity contribution in [3.05, 3.63) is 129 Å². The number of hydrogen-bond acceptors (Lipinski definition) is 8. The van der Waals surface area contributed by atoms with Gasteiger partial charge in [-0.3, -0.25) is 13.9 Å². The summed E-state index contributed by atoms with van der Waals surface area (Å²) in [7, 11) is 3.19. The Bertz CT molecular complexity index is 2100. The van der Waals surface area contributed by atoms with Crippen LogP contribution in [0.2, 0.25) is 0 Å². The van der Waals surface area contributed by atoms with Gasteiger partial charge in [0.2, 0.25) is 0 Å². The molecule has 10 heteroatoms. The number of nitrogens with zero attached hydrogens (tertiary/aromatic N) is 4. The Labute approximate surface area is 263 Å². The van der Waals surface area contributed by atoms with Gasteiger partial charge >= 0.3 is 5.69 Å². The van der Waals surface area contributed by atoms with E-state index in [1.165, 1.54) is 6.07 Å². The highest BCUT2D eigenvalue weighted by Crippen LogP contribution is 2.33. The Morgan fingerprint density at radius 3 is 2.18 bits per heavy atom. The summed E-state index contributed by atoms with van der Waals surface area (Å²) in [5.74, 6) is 1.72. The Morgan fingerprint density at radius 2 is 1.47 bits per heavy atom. The van der Waals surface area contributed by atoms with Gasteiger partial charge in [0.1, 0.15) is 0 Å². The van der Waals surface area contributed by atoms with Crippen molar-refractivity contribution in [1.29, 1.82) is 0 Å². The van der Waals surface area contributed by atoms with Crippen LogP contribution in [0.1, 0.15) is 11.4 Å². The van der Waals surface area contributed by atoms with Gasteiger partial charge in [-0.05, 0) is 78.4 Å². The number of benzene rings is 4. The van der Waals surface area contributed by atoms with Gasteiger partial charge < -0.3 is 14.0 Å². The Hall–Kier alpha value is -5.35. The summed E-state index contributed by atoms with van der Waals surface area (Å²) in [6.45, 7) is 1.83. The van der Waals surface area contributed by atoms with E-state index in [9.17, 15) is 9.59 Å². The van der Waals surface area contributed by atoms with E-state index in [0.29, 0.717) is 28.4 Å². The first-order valence-electron chi connectivity index (χ1n) is 14.1. The molecule has 0 aliphatic rings. The lowest BCUT2D eigenvalue weighted by atomic mass is 10.0. The molecule has 226 valence electrons. The molecular weight excluding hydrogens is 588 g/mol. The highest BCUT2D eigenvalue weighted by Gasteiger charge is 2.18. The highest BCUT2D eigenvalue weighted by atomic mass is 32.2. The topological polar surface area (TPSA) is 101 Å². The third-order valence-corrected chi connectivity index (χ3v) is 8.20. The molecule has 0 fully saturated rings. The molecule has 6 rings (SSSR count). The van der Waals surface area contributed by atoms with Crippen LogP contribution in [-0.4, -0.2) is 39.8 Å². The first-order valence-corrected chi connectivity index (χ1v) is 15.3. The fourth-order valence-electron chi connectivity index (χ4n) is 5.06. The second-order valence-electron chi connectivity index (χ2n) is 10.3. The molecule has 0 N–H and O–H groups in total. The van der Waals surface area contributed by atoms with Crippen LogP contribution in [0, 0.1) is 6.92 Å². The molecule has 0 saturated heterocycles. The maximum absolute atomic E-state index is 14.0. The summed E-state index contributed by atoms with van der Waals surface area (Å²) in [6.07, 6.45) is 1.99. The fourth-order valence-corrected chi connectivity index (χ4v) is 5.47.